The van der Waals surface area contributed by atoms with Crippen LogP contribution in [-0.2, 0) is 4.79 Å². The number of aliphatic hydroxyl groups is 1. The first kappa shape index (κ1) is 11.7. The summed E-state index contributed by atoms with van der Waals surface area (Å²) < 4.78 is 0. The summed E-state index contributed by atoms with van der Waals surface area (Å²) in [6, 6.07) is 8.18. The number of nitrogens with one attached hydrogen (secondary N) is 1. The van der Waals surface area contributed by atoms with Gasteiger partial charge in [0.2, 0.25) is 5.91 Å². The molecule has 0 aliphatic heterocycles. The van der Waals surface area contributed by atoms with Crippen molar-refractivity contribution < 1.29 is 9.90 Å². The maximum Gasteiger partial charge on any atom is 0.241 e. The molecule has 4 heteroatoms. The van der Waals surface area contributed by atoms with Gasteiger partial charge in [-0.05, 0) is 12.5 Å². The van der Waals surface area contributed by atoms with Crippen molar-refractivity contribution in [2.45, 2.75) is 19.0 Å². The molecule has 4 nitrogen and oxygen atoms in total. The van der Waals surface area contributed by atoms with Crippen LogP contribution in [-0.4, -0.2) is 23.7 Å². The lowest BCUT2D eigenvalue weighted by Gasteiger charge is -2.15. The average Bonchev–Trinajstić information content (AvgIpc) is 2.29. The fourth-order valence-corrected chi connectivity index (χ4v) is 1.19. The van der Waals surface area contributed by atoms with Crippen LogP contribution in [0.15, 0.2) is 30.3 Å². The molecule has 0 saturated heterocycles. The van der Waals surface area contributed by atoms with E-state index in [1.54, 1.807) is 19.1 Å². The molecule has 0 heterocycles. The second kappa shape index (κ2) is 5.48. The van der Waals surface area contributed by atoms with Crippen LogP contribution in [0.1, 0.15) is 18.5 Å². The smallest absolute Gasteiger partial charge is 0.241 e. The third-order valence-corrected chi connectivity index (χ3v) is 2.10. The largest absolute Gasteiger partial charge is 0.394 e. The minimum atomic E-state index is -0.680. The van der Waals surface area contributed by atoms with Crippen LogP contribution in [0.3, 0.4) is 0 Å². The molecule has 1 aromatic carbocycles. The number of rotatable bonds is 4. The van der Waals surface area contributed by atoms with E-state index < -0.39 is 6.04 Å². The molecule has 0 bridgehead atoms. The predicted octanol–water partition coefficient (Wildman–Crippen LogP) is 0.183. The SMILES string of the molecule is C[C@H](CO)NC(=O)[C@@H](N)c1ccccc1. The van der Waals surface area contributed by atoms with Crippen LogP contribution in [0.25, 0.3) is 0 Å². The monoisotopic (exact) mass is 208 g/mol. The number of hydrogen-bond acceptors (Lipinski definition) is 3. The van der Waals surface area contributed by atoms with Gasteiger partial charge in [-0.3, -0.25) is 4.79 Å². The Morgan fingerprint density at radius 1 is 1.47 bits per heavy atom. The van der Waals surface area contributed by atoms with Crippen molar-refractivity contribution in [3.63, 3.8) is 0 Å². The standard InChI is InChI=1S/C11H16N2O2/c1-8(7-14)13-11(15)10(12)9-5-3-2-4-6-9/h2-6,8,10,14H,7,12H2,1H3,(H,13,15)/t8-,10+/m1/s1. The molecule has 0 aliphatic carbocycles. The van der Waals surface area contributed by atoms with Crippen LogP contribution in [0.4, 0.5) is 0 Å². The Hall–Kier alpha value is -1.39. The van der Waals surface area contributed by atoms with Gasteiger partial charge < -0.3 is 16.2 Å². The summed E-state index contributed by atoms with van der Waals surface area (Å²) in [7, 11) is 0. The second-order valence-electron chi connectivity index (χ2n) is 3.48. The van der Waals surface area contributed by atoms with Gasteiger partial charge in [-0.2, -0.15) is 0 Å². The number of amides is 1. The third-order valence-electron chi connectivity index (χ3n) is 2.10. The molecule has 0 spiro atoms. The highest BCUT2D eigenvalue weighted by Gasteiger charge is 2.16. The number of benzene rings is 1. The second-order valence-corrected chi connectivity index (χ2v) is 3.48. The van der Waals surface area contributed by atoms with Crippen molar-refractivity contribution in [1.29, 1.82) is 0 Å². The Bertz CT molecular complexity index is 314. The van der Waals surface area contributed by atoms with E-state index in [2.05, 4.69) is 5.32 Å². The maximum atomic E-state index is 11.6. The lowest BCUT2D eigenvalue weighted by atomic mass is 10.1. The van der Waals surface area contributed by atoms with Gasteiger partial charge in [0, 0.05) is 6.04 Å². The lowest BCUT2D eigenvalue weighted by Crippen LogP contribution is -2.40. The average molecular weight is 208 g/mol. The first-order chi connectivity index (χ1) is 7.15. The van der Waals surface area contributed by atoms with E-state index in [-0.39, 0.29) is 18.6 Å². The van der Waals surface area contributed by atoms with Crippen LogP contribution < -0.4 is 11.1 Å². The molecule has 1 aromatic rings. The van der Waals surface area contributed by atoms with Crippen molar-refractivity contribution in [2.24, 2.45) is 5.73 Å². The zero-order chi connectivity index (χ0) is 11.3. The summed E-state index contributed by atoms with van der Waals surface area (Å²) in [5, 5.41) is 11.4. The molecule has 15 heavy (non-hydrogen) atoms. The molecule has 82 valence electrons. The Morgan fingerprint density at radius 2 is 2.07 bits per heavy atom. The molecule has 4 N–H and O–H groups in total. The molecule has 0 unspecified atom stereocenters. The Morgan fingerprint density at radius 3 is 2.60 bits per heavy atom. The van der Waals surface area contributed by atoms with Gasteiger partial charge in [0.25, 0.3) is 0 Å². The molecule has 0 fully saturated rings. The maximum absolute atomic E-state index is 11.6. The molecule has 1 rings (SSSR count). The summed E-state index contributed by atoms with van der Waals surface area (Å²) in [6.07, 6.45) is 0. The minimum Gasteiger partial charge on any atom is -0.394 e. The first-order valence-corrected chi connectivity index (χ1v) is 4.87. The fraction of sp³-hybridized carbons (Fsp3) is 0.364. The van der Waals surface area contributed by atoms with Gasteiger partial charge in [0.1, 0.15) is 6.04 Å². The van der Waals surface area contributed by atoms with Crippen LogP contribution in [0, 0.1) is 0 Å². The molecule has 1 amide bonds. The third kappa shape index (κ3) is 3.34. The van der Waals surface area contributed by atoms with E-state index in [0.29, 0.717) is 0 Å². The first-order valence-electron chi connectivity index (χ1n) is 4.87. The van der Waals surface area contributed by atoms with E-state index in [0.717, 1.165) is 5.56 Å². The minimum absolute atomic E-state index is 0.0900. The summed E-state index contributed by atoms with van der Waals surface area (Å²) >= 11 is 0. The molecule has 0 radical (unpaired) electrons. The number of aliphatic hydroxyl groups excluding tert-OH is 1. The van der Waals surface area contributed by atoms with E-state index >= 15 is 0 Å². The summed E-state index contributed by atoms with van der Waals surface area (Å²) in [5.74, 6) is -0.275. The lowest BCUT2D eigenvalue weighted by molar-refractivity contribution is -0.123. The zero-order valence-corrected chi connectivity index (χ0v) is 8.68. The van der Waals surface area contributed by atoms with Gasteiger partial charge in [0.05, 0.1) is 6.61 Å². The zero-order valence-electron chi connectivity index (χ0n) is 8.68. The highest BCUT2D eigenvalue weighted by Crippen LogP contribution is 2.09. The summed E-state index contributed by atoms with van der Waals surface area (Å²) in [4.78, 5) is 11.6. The Labute approximate surface area is 89.1 Å². The van der Waals surface area contributed by atoms with Crippen molar-refractivity contribution in [3.8, 4) is 0 Å². The summed E-state index contributed by atoms with van der Waals surface area (Å²) in [6.45, 7) is 1.63. The van der Waals surface area contributed by atoms with Crippen LogP contribution in [0.5, 0.6) is 0 Å². The van der Waals surface area contributed by atoms with E-state index in [1.165, 1.54) is 0 Å². The Kier molecular flexibility index (Phi) is 4.27. The topological polar surface area (TPSA) is 75.3 Å². The highest BCUT2D eigenvalue weighted by atomic mass is 16.3. The van der Waals surface area contributed by atoms with Gasteiger partial charge in [-0.25, -0.2) is 0 Å². The number of carbonyl (C=O) groups excluding carboxylic acids is 1. The quantitative estimate of drug-likeness (QED) is 0.661. The molecular formula is C11H16N2O2. The van der Waals surface area contributed by atoms with Crippen molar-refractivity contribution in [1.82, 2.24) is 5.32 Å². The Balaban J connectivity index is 2.61. The fourth-order valence-electron chi connectivity index (χ4n) is 1.19. The predicted molar refractivity (Wildman–Crippen MR) is 58.1 cm³/mol. The van der Waals surface area contributed by atoms with E-state index in [9.17, 15) is 4.79 Å². The van der Waals surface area contributed by atoms with Gasteiger partial charge in [-0.1, -0.05) is 30.3 Å². The molecular weight excluding hydrogens is 192 g/mol. The normalized spacial score (nSPS) is 14.3. The summed E-state index contributed by atoms with van der Waals surface area (Å²) in [5.41, 5.74) is 6.51. The number of carbonyl (C=O) groups is 1. The molecule has 2 atom stereocenters. The molecule has 0 saturated carbocycles. The molecule has 0 aliphatic rings. The van der Waals surface area contributed by atoms with Crippen molar-refractivity contribution in [3.05, 3.63) is 35.9 Å². The highest BCUT2D eigenvalue weighted by molar-refractivity contribution is 5.83. The van der Waals surface area contributed by atoms with Crippen molar-refractivity contribution >= 4 is 5.91 Å². The molecule has 0 aromatic heterocycles. The van der Waals surface area contributed by atoms with Crippen LogP contribution >= 0.6 is 0 Å². The van der Waals surface area contributed by atoms with Gasteiger partial charge >= 0.3 is 0 Å². The van der Waals surface area contributed by atoms with E-state index in [1.807, 2.05) is 18.2 Å². The van der Waals surface area contributed by atoms with Gasteiger partial charge in [0.15, 0.2) is 0 Å². The number of nitrogens with two attached hydrogens (primary N) is 1. The van der Waals surface area contributed by atoms with Crippen LogP contribution in [0.2, 0.25) is 0 Å². The van der Waals surface area contributed by atoms with E-state index in [4.69, 9.17) is 10.8 Å². The number of hydrogen-bond donors (Lipinski definition) is 3. The van der Waals surface area contributed by atoms with Crippen molar-refractivity contribution in [2.75, 3.05) is 6.61 Å². The van der Waals surface area contributed by atoms with Gasteiger partial charge in [-0.15, -0.1) is 0 Å².